The molecule has 1 fully saturated rings. The van der Waals surface area contributed by atoms with E-state index in [4.69, 9.17) is 15.2 Å². The number of benzene rings is 1. The van der Waals surface area contributed by atoms with Crippen LogP contribution in [0.1, 0.15) is 24.0 Å². The summed E-state index contributed by atoms with van der Waals surface area (Å²) in [5, 5.41) is 18.8. The third-order valence-electron chi connectivity index (χ3n) is 4.09. The minimum absolute atomic E-state index is 0.0504. The maximum absolute atomic E-state index is 12.0. The van der Waals surface area contributed by atoms with Crippen LogP contribution < -0.4 is 20.8 Å². The lowest BCUT2D eigenvalue weighted by Crippen LogP contribution is -2.16. The van der Waals surface area contributed by atoms with Gasteiger partial charge in [-0.1, -0.05) is 6.07 Å². The zero-order chi connectivity index (χ0) is 18.0. The van der Waals surface area contributed by atoms with Crippen LogP contribution in [0.5, 0.6) is 11.5 Å². The molecule has 0 amide bonds. The standard InChI is InChI=1S/C18H16N4O3/c1-24-14-5-4-11(6-15(14)25-9-10-2-3-10)16-12(7-19)17(21)22-18(23)13(16)8-20/h4-6,10H,2-3,9H2,1H3,(H3,21,22,23). The first-order valence-corrected chi connectivity index (χ1v) is 7.76. The van der Waals surface area contributed by atoms with Crippen LogP contribution in [0.4, 0.5) is 5.82 Å². The second kappa shape index (κ2) is 6.58. The van der Waals surface area contributed by atoms with E-state index in [2.05, 4.69) is 4.98 Å². The van der Waals surface area contributed by atoms with Crippen molar-refractivity contribution in [3.63, 3.8) is 0 Å². The number of nitriles is 2. The maximum Gasteiger partial charge on any atom is 0.268 e. The summed E-state index contributed by atoms with van der Waals surface area (Å²) in [5.41, 5.74) is 5.70. The summed E-state index contributed by atoms with van der Waals surface area (Å²) >= 11 is 0. The van der Waals surface area contributed by atoms with Crippen LogP contribution in [0.2, 0.25) is 0 Å². The van der Waals surface area contributed by atoms with Gasteiger partial charge in [0.2, 0.25) is 0 Å². The highest BCUT2D eigenvalue weighted by Crippen LogP contribution is 2.37. The highest BCUT2D eigenvalue weighted by atomic mass is 16.5. The number of aromatic amines is 1. The van der Waals surface area contributed by atoms with Crippen molar-refractivity contribution in [3.8, 4) is 34.8 Å². The number of pyridine rings is 1. The van der Waals surface area contributed by atoms with Crippen molar-refractivity contribution in [2.24, 2.45) is 5.92 Å². The number of rotatable bonds is 5. The largest absolute Gasteiger partial charge is 0.493 e. The van der Waals surface area contributed by atoms with Gasteiger partial charge in [0.15, 0.2) is 11.5 Å². The van der Waals surface area contributed by atoms with Crippen molar-refractivity contribution in [1.82, 2.24) is 4.98 Å². The van der Waals surface area contributed by atoms with Crippen molar-refractivity contribution in [3.05, 3.63) is 39.7 Å². The lowest BCUT2D eigenvalue weighted by Gasteiger charge is -2.14. The second-order valence-electron chi connectivity index (χ2n) is 5.84. The number of methoxy groups -OCH3 is 1. The van der Waals surface area contributed by atoms with E-state index in [-0.39, 0.29) is 22.5 Å². The molecular formula is C18H16N4O3. The fraction of sp³-hybridized carbons (Fsp3) is 0.278. The van der Waals surface area contributed by atoms with Gasteiger partial charge in [-0.3, -0.25) is 4.79 Å². The molecule has 0 radical (unpaired) electrons. The van der Waals surface area contributed by atoms with Gasteiger partial charge < -0.3 is 20.2 Å². The Morgan fingerprint density at radius 1 is 1.24 bits per heavy atom. The topological polar surface area (TPSA) is 125 Å². The first-order valence-electron chi connectivity index (χ1n) is 7.76. The fourth-order valence-electron chi connectivity index (χ4n) is 2.57. The molecule has 0 unspecified atom stereocenters. The van der Waals surface area contributed by atoms with Crippen molar-refractivity contribution in [2.45, 2.75) is 12.8 Å². The Bertz CT molecular complexity index is 962. The Balaban J connectivity index is 2.16. The molecule has 0 saturated heterocycles. The number of nitrogens with one attached hydrogen (secondary N) is 1. The quantitative estimate of drug-likeness (QED) is 0.862. The van der Waals surface area contributed by atoms with Crippen molar-refractivity contribution in [1.29, 1.82) is 10.5 Å². The van der Waals surface area contributed by atoms with Crippen LogP contribution in [-0.2, 0) is 0 Å². The average molecular weight is 336 g/mol. The van der Waals surface area contributed by atoms with Crippen LogP contribution in [0.15, 0.2) is 23.0 Å². The second-order valence-corrected chi connectivity index (χ2v) is 5.84. The Morgan fingerprint density at radius 3 is 2.56 bits per heavy atom. The third kappa shape index (κ3) is 3.13. The lowest BCUT2D eigenvalue weighted by atomic mass is 9.96. The van der Waals surface area contributed by atoms with Gasteiger partial charge in [-0.2, -0.15) is 10.5 Å². The molecule has 0 atom stereocenters. The summed E-state index contributed by atoms with van der Waals surface area (Å²) in [5.74, 6) is 1.52. The molecule has 1 saturated carbocycles. The molecule has 7 heteroatoms. The van der Waals surface area contributed by atoms with E-state index in [1.54, 1.807) is 18.2 Å². The van der Waals surface area contributed by atoms with Crippen LogP contribution in [-0.4, -0.2) is 18.7 Å². The van der Waals surface area contributed by atoms with Crippen molar-refractivity contribution >= 4 is 5.82 Å². The highest BCUT2D eigenvalue weighted by Gasteiger charge is 2.23. The molecule has 126 valence electrons. The van der Waals surface area contributed by atoms with Crippen LogP contribution >= 0.6 is 0 Å². The van der Waals surface area contributed by atoms with Gasteiger partial charge in [0, 0.05) is 5.56 Å². The van der Waals surface area contributed by atoms with Gasteiger partial charge in [0.25, 0.3) is 5.56 Å². The minimum Gasteiger partial charge on any atom is -0.493 e. The van der Waals surface area contributed by atoms with E-state index >= 15 is 0 Å². The molecular weight excluding hydrogens is 320 g/mol. The Morgan fingerprint density at radius 2 is 1.96 bits per heavy atom. The number of nitrogens with two attached hydrogens (primary N) is 1. The van der Waals surface area contributed by atoms with E-state index in [1.807, 2.05) is 12.1 Å². The number of H-pyrrole nitrogens is 1. The molecule has 0 spiro atoms. The zero-order valence-corrected chi connectivity index (χ0v) is 13.6. The summed E-state index contributed by atoms with van der Waals surface area (Å²) in [6.45, 7) is 0.577. The first-order chi connectivity index (χ1) is 12.1. The van der Waals surface area contributed by atoms with Crippen molar-refractivity contribution in [2.75, 3.05) is 19.5 Å². The number of anilines is 1. The van der Waals surface area contributed by atoms with Crippen LogP contribution in [0, 0.1) is 28.6 Å². The Hall–Kier alpha value is -3.45. The number of hydrogen-bond acceptors (Lipinski definition) is 6. The summed E-state index contributed by atoms with van der Waals surface area (Å²) in [6.07, 6.45) is 2.29. The Labute approximate surface area is 144 Å². The van der Waals surface area contributed by atoms with E-state index in [0.29, 0.717) is 29.6 Å². The smallest absolute Gasteiger partial charge is 0.268 e. The van der Waals surface area contributed by atoms with E-state index in [1.165, 1.54) is 7.11 Å². The number of hydrogen-bond donors (Lipinski definition) is 2. The molecule has 7 nitrogen and oxygen atoms in total. The molecule has 25 heavy (non-hydrogen) atoms. The zero-order valence-electron chi connectivity index (χ0n) is 13.6. The molecule has 0 bridgehead atoms. The summed E-state index contributed by atoms with van der Waals surface area (Å²) in [7, 11) is 1.53. The number of ether oxygens (including phenoxy) is 2. The molecule has 1 aromatic carbocycles. The number of nitrogens with zero attached hydrogens (tertiary/aromatic N) is 2. The van der Waals surface area contributed by atoms with Gasteiger partial charge in [-0.15, -0.1) is 0 Å². The number of aromatic nitrogens is 1. The predicted molar refractivity (Wildman–Crippen MR) is 91.1 cm³/mol. The van der Waals surface area contributed by atoms with Gasteiger partial charge in [-0.25, -0.2) is 0 Å². The van der Waals surface area contributed by atoms with Gasteiger partial charge >= 0.3 is 0 Å². The third-order valence-corrected chi connectivity index (χ3v) is 4.09. The SMILES string of the molecule is COc1ccc(-c2c(C#N)c(N)[nH]c(=O)c2C#N)cc1OCC1CC1. The summed E-state index contributed by atoms with van der Waals surface area (Å²) in [4.78, 5) is 14.4. The molecule has 3 N–H and O–H groups in total. The normalized spacial score (nSPS) is 12.9. The molecule has 1 aromatic heterocycles. The summed E-state index contributed by atoms with van der Waals surface area (Å²) in [6, 6.07) is 8.81. The molecule has 1 aliphatic rings. The molecule has 1 heterocycles. The van der Waals surface area contributed by atoms with E-state index < -0.39 is 5.56 Å². The average Bonchev–Trinajstić information content (AvgIpc) is 3.43. The van der Waals surface area contributed by atoms with Crippen LogP contribution in [0.25, 0.3) is 11.1 Å². The summed E-state index contributed by atoms with van der Waals surface area (Å²) < 4.78 is 11.1. The number of nitrogen functional groups attached to an aromatic ring is 1. The lowest BCUT2D eigenvalue weighted by molar-refractivity contribution is 0.280. The minimum atomic E-state index is -0.634. The maximum atomic E-state index is 12.0. The van der Waals surface area contributed by atoms with Crippen molar-refractivity contribution < 1.29 is 9.47 Å². The van der Waals surface area contributed by atoms with E-state index in [9.17, 15) is 15.3 Å². The Kier molecular flexibility index (Phi) is 4.32. The fourth-order valence-corrected chi connectivity index (χ4v) is 2.57. The highest BCUT2D eigenvalue weighted by molar-refractivity contribution is 5.81. The first kappa shape index (κ1) is 16.4. The van der Waals surface area contributed by atoms with Crippen LogP contribution in [0.3, 0.4) is 0 Å². The molecule has 1 aliphatic carbocycles. The van der Waals surface area contributed by atoms with Gasteiger partial charge in [-0.05, 0) is 36.5 Å². The van der Waals surface area contributed by atoms with Gasteiger partial charge in [0.1, 0.15) is 29.1 Å². The predicted octanol–water partition coefficient (Wildman–Crippen LogP) is 2.16. The monoisotopic (exact) mass is 336 g/mol. The van der Waals surface area contributed by atoms with Gasteiger partial charge in [0.05, 0.1) is 13.7 Å². The molecule has 3 rings (SSSR count). The molecule has 0 aliphatic heterocycles. The molecule has 2 aromatic rings. The van der Waals surface area contributed by atoms with E-state index in [0.717, 1.165) is 12.8 Å².